The summed E-state index contributed by atoms with van der Waals surface area (Å²) in [4.78, 5) is 18.6. The Morgan fingerprint density at radius 3 is 2.26 bits per heavy atom. The zero-order valence-electron chi connectivity index (χ0n) is 25.9. The predicted molar refractivity (Wildman–Crippen MR) is 175 cm³/mol. The number of likely N-dealkylation sites (tertiary alicyclic amines) is 1. The monoisotopic (exact) mass is 565 g/mol. The zero-order chi connectivity index (χ0) is 29.1. The lowest BCUT2D eigenvalue weighted by Gasteiger charge is -2.39. The molecule has 5 rings (SSSR count). The van der Waals surface area contributed by atoms with E-state index in [1.54, 1.807) is 0 Å². The van der Waals surface area contributed by atoms with Crippen LogP contribution in [0.3, 0.4) is 0 Å². The van der Waals surface area contributed by atoms with Gasteiger partial charge in [-0.05, 0) is 71.5 Å². The van der Waals surface area contributed by atoms with Crippen LogP contribution in [0.25, 0.3) is 11.1 Å². The molecule has 1 aliphatic carbocycles. The molecule has 0 spiro atoms. The van der Waals surface area contributed by atoms with Crippen molar-refractivity contribution in [1.29, 1.82) is 0 Å². The van der Waals surface area contributed by atoms with Gasteiger partial charge in [0.25, 0.3) is 0 Å². The van der Waals surface area contributed by atoms with Gasteiger partial charge in [-0.25, -0.2) is 0 Å². The highest BCUT2D eigenvalue weighted by Crippen LogP contribution is 2.30. The zero-order valence-corrected chi connectivity index (χ0v) is 25.9. The van der Waals surface area contributed by atoms with Gasteiger partial charge in [-0.1, -0.05) is 112 Å². The predicted octanol–water partition coefficient (Wildman–Crippen LogP) is 8.06. The molecule has 0 aromatic heterocycles. The van der Waals surface area contributed by atoms with Crippen molar-refractivity contribution in [3.05, 3.63) is 95.6 Å². The molecule has 1 amide bonds. The van der Waals surface area contributed by atoms with Crippen LogP contribution in [0.2, 0.25) is 0 Å². The number of piperidine rings is 1. The first-order chi connectivity index (χ1) is 20.5. The first kappa shape index (κ1) is 30.5. The second-order valence-electron chi connectivity index (χ2n) is 13.1. The first-order valence-electron chi connectivity index (χ1n) is 16.5. The quantitative estimate of drug-likeness (QED) is 0.228. The largest absolute Gasteiger partial charge is 0.335 e. The van der Waals surface area contributed by atoms with E-state index in [1.165, 1.54) is 53.5 Å². The molecule has 0 bridgehead atoms. The number of carbonyl (C=O) groups is 1. The van der Waals surface area contributed by atoms with E-state index in [2.05, 4.69) is 108 Å². The Morgan fingerprint density at radius 1 is 0.833 bits per heavy atom. The van der Waals surface area contributed by atoms with E-state index in [0.717, 1.165) is 57.9 Å². The van der Waals surface area contributed by atoms with Crippen molar-refractivity contribution in [2.45, 2.75) is 90.9 Å². The molecule has 2 fully saturated rings. The second kappa shape index (κ2) is 15.5. The maximum atomic E-state index is 13.8. The fourth-order valence-corrected chi connectivity index (χ4v) is 6.79. The molecule has 1 heterocycles. The van der Waals surface area contributed by atoms with Crippen molar-refractivity contribution in [3.63, 3.8) is 0 Å². The van der Waals surface area contributed by atoms with Crippen LogP contribution in [-0.4, -0.2) is 41.4 Å². The number of rotatable bonds is 13. The van der Waals surface area contributed by atoms with Crippen LogP contribution in [0.5, 0.6) is 0 Å². The lowest BCUT2D eigenvalue weighted by molar-refractivity contribution is -0.135. The number of nitrogens with zero attached hydrogens (tertiary/aromatic N) is 2. The number of carbonyl (C=O) groups excluding carboxylic acids is 1. The highest BCUT2D eigenvalue weighted by Gasteiger charge is 2.29. The molecule has 2 aliphatic rings. The molecule has 42 heavy (non-hydrogen) atoms. The molecule has 1 saturated carbocycles. The van der Waals surface area contributed by atoms with Crippen molar-refractivity contribution >= 4 is 5.91 Å². The van der Waals surface area contributed by atoms with Gasteiger partial charge in [-0.2, -0.15) is 0 Å². The van der Waals surface area contributed by atoms with E-state index in [-0.39, 0.29) is 0 Å². The Kier molecular flexibility index (Phi) is 11.3. The lowest BCUT2D eigenvalue weighted by Crippen LogP contribution is -2.46. The molecule has 4 nitrogen and oxygen atoms in total. The normalized spacial score (nSPS) is 16.7. The number of amides is 1. The van der Waals surface area contributed by atoms with E-state index < -0.39 is 0 Å². The van der Waals surface area contributed by atoms with Gasteiger partial charge in [-0.3, -0.25) is 9.69 Å². The number of benzene rings is 3. The average Bonchev–Trinajstić information content (AvgIpc) is 3.54. The topological polar surface area (TPSA) is 35.6 Å². The average molecular weight is 566 g/mol. The van der Waals surface area contributed by atoms with E-state index in [4.69, 9.17) is 0 Å². The van der Waals surface area contributed by atoms with Crippen LogP contribution in [-0.2, 0) is 24.4 Å². The minimum atomic E-state index is 0.314. The maximum absolute atomic E-state index is 13.8. The standard InChI is InChI=1S/C38H51N3O/c1-30(2)26-39-27-32-15-18-35(19-16-32)36-14-8-13-34(25-36)29-41(38(42)20-17-31-9-6-7-10-31)37-21-23-40(24-22-37)28-33-11-4-3-5-12-33/h3-5,8,11-16,18-19,25,30-31,37,39H,6-7,9-10,17,20-24,26-29H2,1-2H3. The van der Waals surface area contributed by atoms with Crippen LogP contribution in [0.1, 0.15) is 81.9 Å². The lowest BCUT2D eigenvalue weighted by atomic mass is 9.97. The minimum Gasteiger partial charge on any atom is -0.335 e. The van der Waals surface area contributed by atoms with E-state index in [9.17, 15) is 4.79 Å². The molecule has 3 aromatic rings. The molecule has 224 valence electrons. The van der Waals surface area contributed by atoms with Gasteiger partial charge in [0.15, 0.2) is 0 Å². The van der Waals surface area contributed by atoms with Gasteiger partial charge < -0.3 is 10.2 Å². The van der Waals surface area contributed by atoms with Crippen molar-refractivity contribution in [3.8, 4) is 11.1 Å². The summed E-state index contributed by atoms with van der Waals surface area (Å²) in [6, 6.07) is 28.9. The number of hydrogen-bond donors (Lipinski definition) is 1. The van der Waals surface area contributed by atoms with Gasteiger partial charge >= 0.3 is 0 Å². The Hall–Kier alpha value is -2.95. The van der Waals surface area contributed by atoms with Crippen molar-refractivity contribution in [2.75, 3.05) is 19.6 Å². The van der Waals surface area contributed by atoms with E-state index >= 15 is 0 Å². The van der Waals surface area contributed by atoms with Gasteiger partial charge in [-0.15, -0.1) is 0 Å². The molecule has 1 aliphatic heterocycles. The molecule has 4 heteroatoms. The third-order valence-electron chi connectivity index (χ3n) is 9.26. The third kappa shape index (κ3) is 9.02. The van der Waals surface area contributed by atoms with Crippen molar-refractivity contribution < 1.29 is 4.79 Å². The summed E-state index contributed by atoms with van der Waals surface area (Å²) in [6.07, 6.45) is 9.14. The maximum Gasteiger partial charge on any atom is 0.223 e. The van der Waals surface area contributed by atoms with E-state index in [0.29, 0.717) is 30.8 Å². The Balaban J connectivity index is 1.24. The van der Waals surface area contributed by atoms with Gasteiger partial charge in [0.2, 0.25) is 5.91 Å². The van der Waals surface area contributed by atoms with Gasteiger partial charge in [0.1, 0.15) is 0 Å². The summed E-state index contributed by atoms with van der Waals surface area (Å²) in [6.45, 7) is 10.2. The first-order valence-corrected chi connectivity index (χ1v) is 16.5. The van der Waals surface area contributed by atoms with Gasteiger partial charge in [0, 0.05) is 45.2 Å². The molecule has 0 atom stereocenters. The molecular weight excluding hydrogens is 514 g/mol. The fourth-order valence-electron chi connectivity index (χ4n) is 6.79. The summed E-state index contributed by atoms with van der Waals surface area (Å²) in [5.74, 6) is 1.76. The Bertz CT molecular complexity index is 1220. The van der Waals surface area contributed by atoms with Crippen molar-refractivity contribution in [2.24, 2.45) is 11.8 Å². The number of nitrogens with one attached hydrogen (secondary N) is 1. The summed E-state index contributed by atoms with van der Waals surface area (Å²) < 4.78 is 0. The highest BCUT2D eigenvalue weighted by molar-refractivity contribution is 5.76. The molecule has 3 aromatic carbocycles. The molecule has 1 saturated heterocycles. The minimum absolute atomic E-state index is 0.314. The SMILES string of the molecule is CC(C)CNCc1ccc(-c2cccc(CN(C(=O)CCC3CCCC3)C3CCN(Cc4ccccc4)CC3)c2)cc1. The second-order valence-corrected chi connectivity index (χ2v) is 13.1. The van der Waals surface area contributed by atoms with Gasteiger partial charge in [0.05, 0.1) is 0 Å². The summed E-state index contributed by atoms with van der Waals surface area (Å²) in [5.41, 5.74) is 6.38. The van der Waals surface area contributed by atoms with E-state index in [1.807, 2.05) is 0 Å². The highest BCUT2D eigenvalue weighted by atomic mass is 16.2. The molecular formula is C38H51N3O. The summed E-state index contributed by atoms with van der Waals surface area (Å²) in [5, 5.41) is 3.53. The number of hydrogen-bond acceptors (Lipinski definition) is 3. The molecule has 0 unspecified atom stereocenters. The molecule has 1 N–H and O–H groups in total. The van der Waals surface area contributed by atoms with Crippen LogP contribution in [0, 0.1) is 11.8 Å². The summed E-state index contributed by atoms with van der Waals surface area (Å²) >= 11 is 0. The third-order valence-corrected chi connectivity index (χ3v) is 9.26. The van der Waals surface area contributed by atoms with Crippen LogP contribution in [0.15, 0.2) is 78.9 Å². The summed E-state index contributed by atoms with van der Waals surface area (Å²) in [7, 11) is 0. The van der Waals surface area contributed by atoms with Crippen LogP contribution in [0.4, 0.5) is 0 Å². The fraction of sp³-hybridized carbons (Fsp3) is 0.500. The van der Waals surface area contributed by atoms with Crippen LogP contribution < -0.4 is 5.32 Å². The Morgan fingerprint density at radius 2 is 1.55 bits per heavy atom. The Labute approximate surface area is 254 Å². The van der Waals surface area contributed by atoms with Crippen LogP contribution >= 0.6 is 0 Å². The molecule has 0 radical (unpaired) electrons. The van der Waals surface area contributed by atoms with Crippen molar-refractivity contribution in [1.82, 2.24) is 15.1 Å². The smallest absolute Gasteiger partial charge is 0.223 e.